The molecule has 0 spiro atoms. The molecule has 3 aromatic rings. The molecule has 74 valence electrons. The predicted molar refractivity (Wildman–Crippen MR) is 60.7 cm³/mol. The van der Waals surface area contributed by atoms with Crippen molar-refractivity contribution in [3.8, 4) is 0 Å². The molecule has 0 N–H and O–H groups in total. The van der Waals surface area contributed by atoms with Gasteiger partial charge in [-0.25, -0.2) is 4.98 Å². The number of hydrogen-bond donors (Lipinski definition) is 0. The van der Waals surface area contributed by atoms with Gasteiger partial charge in [-0.3, -0.25) is 9.20 Å². The highest BCUT2D eigenvalue weighted by molar-refractivity contribution is 7.23. The number of aldehydes is 1. The van der Waals surface area contributed by atoms with Crippen molar-refractivity contribution in [2.45, 2.75) is 6.92 Å². The highest BCUT2D eigenvalue weighted by Crippen LogP contribution is 2.26. The van der Waals surface area contributed by atoms with E-state index in [0.29, 0.717) is 5.56 Å². The van der Waals surface area contributed by atoms with Gasteiger partial charge >= 0.3 is 0 Å². The normalized spacial score (nSPS) is 11.3. The van der Waals surface area contributed by atoms with Gasteiger partial charge in [0.15, 0.2) is 4.96 Å². The first-order valence-corrected chi connectivity index (χ1v) is 5.43. The van der Waals surface area contributed by atoms with Gasteiger partial charge in [0, 0.05) is 11.8 Å². The second-order valence-corrected chi connectivity index (χ2v) is 4.49. The highest BCUT2D eigenvalue weighted by atomic mass is 32.1. The summed E-state index contributed by atoms with van der Waals surface area (Å²) in [6, 6.07) is 5.69. The van der Waals surface area contributed by atoms with Gasteiger partial charge in [-0.05, 0) is 25.1 Å². The van der Waals surface area contributed by atoms with Crippen LogP contribution < -0.4 is 0 Å². The fraction of sp³-hybridized carbons (Fsp3) is 0.0909. The summed E-state index contributed by atoms with van der Waals surface area (Å²) < 4.78 is 3.16. The SMILES string of the molecule is Cc1cn2c(n1)sc1cc(C=O)ccc12. The van der Waals surface area contributed by atoms with E-state index in [-0.39, 0.29) is 0 Å². The van der Waals surface area contributed by atoms with Crippen LogP contribution in [0, 0.1) is 6.92 Å². The van der Waals surface area contributed by atoms with Crippen molar-refractivity contribution >= 4 is 32.8 Å². The van der Waals surface area contributed by atoms with Crippen molar-refractivity contribution in [3.05, 3.63) is 35.7 Å². The van der Waals surface area contributed by atoms with Crippen LogP contribution in [0.25, 0.3) is 15.2 Å². The summed E-state index contributed by atoms with van der Waals surface area (Å²) in [5, 5.41) is 0. The molecule has 0 aliphatic heterocycles. The fourth-order valence-corrected chi connectivity index (χ4v) is 2.81. The molecular formula is C11H8N2OS. The number of carbonyl (C=O) groups excluding carboxylic acids is 1. The van der Waals surface area contributed by atoms with Gasteiger partial charge in [0.25, 0.3) is 0 Å². The summed E-state index contributed by atoms with van der Waals surface area (Å²) in [4.78, 5) is 16.0. The third kappa shape index (κ3) is 1.18. The van der Waals surface area contributed by atoms with Crippen LogP contribution in [0.1, 0.15) is 16.1 Å². The van der Waals surface area contributed by atoms with Crippen molar-refractivity contribution in [1.29, 1.82) is 0 Å². The van der Waals surface area contributed by atoms with Crippen molar-refractivity contribution in [1.82, 2.24) is 9.38 Å². The van der Waals surface area contributed by atoms with E-state index in [1.54, 1.807) is 11.3 Å². The molecule has 0 unspecified atom stereocenters. The maximum absolute atomic E-state index is 10.6. The Bertz CT molecular complexity index is 666. The molecule has 0 fully saturated rings. The number of aryl methyl sites for hydroxylation is 1. The molecule has 3 nitrogen and oxygen atoms in total. The summed E-state index contributed by atoms with van der Waals surface area (Å²) >= 11 is 1.60. The van der Waals surface area contributed by atoms with E-state index in [0.717, 1.165) is 27.2 Å². The van der Waals surface area contributed by atoms with Gasteiger partial charge in [-0.2, -0.15) is 0 Å². The van der Waals surface area contributed by atoms with Gasteiger partial charge in [0.2, 0.25) is 0 Å². The zero-order valence-corrected chi connectivity index (χ0v) is 8.91. The first kappa shape index (κ1) is 8.61. The first-order chi connectivity index (χ1) is 7.28. The number of carbonyl (C=O) groups is 1. The summed E-state index contributed by atoms with van der Waals surface area (Å²) in [6.07, 6.45) is 2.88. The Hall–Kier alpha value is -1.68. The van der Waals surface area contributed by atoms with Crippen LogP contribution >= 0.6 is 11.3 Å². The van der Waals surface area contributed by atoms with Gasteiger partial charge in [-0.1, -0.05) is 11.3 Å². The monoisotopic (exact) mass is 216 g/mol. The van der Waals surface area contributed by atoms with Crippen LogP contribution in [0.3, 0.4) is 0 Å². The number of hydrogen-bond acceptors (Lipinski definition) is 3. The smallest absolute Gasteiger partial charge is 0.194 e. The van der Waals surface area contributed by atoms with Crippen LogP contribution in [0.2, 0.25) is 0 Å². The molecule has 0 amide bonds. The maximum atomic E-state index is 10.6. The number of fused-ring (bicyclic) bond motifs is 3. The number of benzene rings is 1. The third-order valence-electron chi connectivity index (χ3n) is 2.37. The maximum Gasteiger partial charge on any atom is 0.194 e. The number of thiazole rings is 1. The van der Waals surface area contributed by atoms with Gasteiger partial charge in [-0.15, -0.1) is 0 Å². The predicted octanol–water partition coefficient (Wildman–Crippen LogP) is 2.67. The molecule has 2 aromatic heterocycles. The Balaban J connectivity index is 2.44. The van der Waals surface area contributed by atoms with Crippen LogP contribution in [-0.2, 0) is 0 Å². The topological polar surface area (TPSA) is 34.4 Å². The lowest BCUT2D eigenvalue weighted by atomic mass is 10.2. The van der Waals surface area contributed by atoms with Crippen LogP contribution in [0.15, 0.2) is 24.4 Å². The summed E-state index contributed by atoms with van der Waals surface area (Å²) in [7, 11) is 0. The molecular weight excluding hydrogens is 208 g/mol. The van der Waals surface area contributed by atoms with Gasteiger partial charge < -0.3 is 0 Å². The third-order valence-corrected chi connectivity index (χ3v) is 3.39. The number of imidazole rings is 1. The quantitative estimate of drug-likeness (QED) is 0.586. The minimum Gasteiger partial charge on any atom is -0.298 e. The molecule has 0 bridgehead atoms. The molecule has 0 aliphatic carbocycles. The second kappa shape index (κ2) is 2.90. The van der Waals surface area contributed by atoms with E-state index in [1.807, 2.05) is 31.3 Å². The van der Waals surface area contributed by atoms with Gasteiger partial charge in [0.1, 0.15) is 6.29 Å². The highest BCUT2D eigenvalue weighted by Gasteiger charge is 2.06. The second-order valence-electron chi connectivity index (χ2n) is 3.48. The zero-order valence-electron chi connectivity index (χ0n) is 8.10. The first-order valence-electron chi connectivity index (χ1n) is 4.61. The lowest BCUT2D eigenvalue weighted by molar-refractivity contribution is 0.112. The van der Waals surface area contributed by atoms with E-state index in [9.17, 15) is 4.79 Å². The molecule has 15 heavy (non-hydrogen) atoms. The van der Waals surface area contributed by atoms with Crippen molar-refractivity contribution in [2.75, 3.05) is 0 Å². The van der Waals surface area contributed by atoms with Crippen LogP contribution in [0.5, 0.6) is 0 Å². The molecule has 0 aliphatic rings. The minimum atomic E-state index is 0.712. The molecule has 3 rings (SSSR count). The Morgan fingerprint density at radius 3 is 3.13 bits per heavy atom. The zero-order chi connectivity index (χ0) is 10.4. The minimum absolute atomic E-state index is 0.712. The Labute approximate surface area is 90.0 Å². The lowest BCUT2D eigenvalue weighted by Crippen LogP contribution is -1.80. The number of rotatable bonds is 1. The molecule has 0 radical (unpaired) electrons. The van der Waals surface area contributed by atoms with E-state index in [1.165, 1.54) is 0 Å². The van der Waals surface area contributed by atoms with E-state index < -0.39 is 0 Å². The lowest BCUT2D eigenvalue weighted by Gasteiger charge is -1.91. The number of aromatic nitrogens is 2. The molecule has 0 atom stereocenters. The summed E-state index contributed by atoms with van der Waals surface area (Å²) in [5.41, 5.74) is 2.84. The molecule has 0 saturated carbocycles. The van der Waals surface area contributed by atoms with Crippen molar-refractivity contribution < 1.29 is 4.79 Å². The summed E-state index contributed by atoms with van der Waals surface area (Å²) in [6.45, 7) is 1.98. The van der Waals surface area contributed by atoms with E-state index in [4.69, 9.17) is 0 Å². The number of nitrogens with zero attached hydrogens (tertiary/aromatic N) is 2. The standard InChI is InChI=1S/C11H8N2OS/c1-7-5-13-9-3-2-8(6-14)4-10(9)15-11(13)12-7/h2-6H,1H3. The average Bonchev–Trinajstić information content (AvgIpc) is 2.72. The molecule has 0 saturated heterocycles. The van der Waals surface area contributed by atoms with Crippen LogP contribution in [0.4, 0.5) is 0 Å². The Morgan fingerprint density at radius 1 is 1.47 bits per heavy atom. The molecule has 4 heteroatoms. The Morgan fingerprint density at radius 2 is 2.33 bits per heavy atom. The van der Waals surface area contributed by atoms with Crippen molar-refractivity contribution in [3.63, 3.8) is 0 Å². The molecule has 1 aromatic carbocycles. The van der Waals surface area contributed by atoms with E-state index >= 15 is 0 Å². The largest absolute Gasteiger partial charge is 0.298 e. The fourth-order valence-electron chi connectivity index (χ4n) is 1.70. The van der Waals surface area contributed by atoms with E-state index in [2.05, 4.69) is 9.38 Å². The molecule has 2 heterocycles. The Kier molecular flexibility index (Phi) is 1.67. The van der Waals surface area contributed by atoms with Crippen LogP contribution in [-0.4, -0.2) is 15.7 Å². The summed E-state index contributed by atoms with van der Waals surface area (Å²) in [5.74, 6) is 0. The van der Waals surface area contributed by atoms with Crippen molar-refractivity contribution in [2.24, 2.45) is 0 Å². The van der Waals surface area contributed by atoms with Gasteiger partial charge in [0.05, 0.1) is 15.9 Å². The average molecular weight is 216 g/mol.